The van der Waals surface area contributed by atoms with Crippen LogP contribution in [0.15, 0.2) is 24.3 Å². The Morgan fingerprint density at radius 3 is 2.67 bits per heavy atom. The van der Waals surface area contributed by atoms with Crippen LogP contribution in [0.4, 0.5) is 5.69 Å². The summed E-state index contributed by atoms with van der Waals surface area (Å²) in [5.74, 6) is 0.277. The number of nitrogens with zero attached hydrogens (tertiary/aromatic N) is 1. The number of amides is 2. The maximum Gasteiger partial charge on any atom is 0.260 e. The van der Waals surface area contributed by atoms with Gasteiger partial charge in [-0.05, 0) is 25.1 Å². The van der Waals surface area contributed by atoms with Crippen molar-refractivity contribution >= 4 is 29.9 Å². The number of hydrogen-bond acceptors (Lipinski definition) is 5. The fraction of sp³-hybridized carbons (Fsp3) is 0.500. The molecule has 24 heavy (non-hydrogen) atoms. The summed E-state index contributed by atoms with van der Waals surface area (Å²) in [4.78, 5) is 25.6. The molecule has 1 aliphatic heterocycles. The number of halogens is 1. The molecule has 0 unspecified atom stereocenters. The fourth-order valence-corrected chi connectivity index (χ4v) is 2.21. The lowest BCUT2D eigenvalue weighted by Gasteiger charge is -2.26. The van der Waals surface area contributed by atoms with E-state index >= 15 is 0 Å². The summed E-state index contributed by atoms with van der Waals surface area (Å²) in [6.07, 6.45) is 0.988. The number of morpholine rings is 1. The Kier molecular flexibility index (Phi) is 9.14. The molecular formula is C16H24ClN3O4. The van der Waals surface area contributed by atoms with E-state index in [1.54, 1.807) is 29.2 Å². The normalized spacial score (nSPS) is 13.8. The quantitative estimate of drug-likeness (QED) is 0.760. The number of hydrogen-bond donors (Lipinski definition) is 2. The van der Waals surface area contributed by atoms with Crippen LogP contribution in [0.2, 0.25) is 0 Å². The van der Waals surface area contributed by atoms with Gasteiger partial charge in [0, 0.05) is 19.5 Å². The predicted molar refractivity (Wildman–Crippen MR) is 93.5 cm³/mol. The Balaban J connectivity index is 0.00000288. The molecule has 0 aliphatic carbocycles. The molecule has 1 aromatic rings. The highest BCUT2D eigenvalue weighted by Gasteiger charge is 2.17. The number of ether oxygens (including phenoxy) is 2. The van der Waals surface area contributed by atoms with Gasteiger partial charge in [-0.2, -0.15) is 0 Å². The summed E-state index contributed by atoms with van der Waals surface area (Å²) in [5.41, 5.74) is 5.96. The van der Waals surface area contributed by atoms with Crippen LogP contribution in [-0.4, -0.2) is 56.2 Å². The average Bonchev–Trinajstić information content (AvgIpc) is 2.59. The molecule has 0 saturated carbocycles. The first-order chi connectivity index (χ1) is 11.2. The second kappa shape index (κ2) is 10.9. The molecule has 1 aliphatic rings. The summed E-state index contributed by atoms with van der Waals surface area (Å²) >= 11 is 0. The van der Waals surface area contributed by atoms with Gasteiger partial charge in [-0.25, -0.2) is 0 Å². The summed E-state index contributed by atoms with van der Waals surface area (Å²) in [6, 6.07) is 7.07. The molecule has 0 bridgehead atoms. The topological polar surface area (TPSA) is 93.9 Å². The second-order valence-corrected chi connectivity index (χ2v) is 5.22. The summed E-state index contributed by atoms with van der Waals surface area (Å²) in [5, 5.41) is 2.78. The number of anilines is 1. The van der Waals surface area contributed by atoms with Crippen molar-refractivity contribution in [3.63, 3.8) is 0 Å². The molecule has 1 fully saturated rings. The first kappa shape index (κ1) is 20.2. The Morgan fingerprint density at radius 1 is 1.25 bits per heavy atom. The minimum absolute atomic E-state index is 0. The molecule has 1 aromatic carbocycles. The molecule has 134 valence electrons. The highest BCUT2D eigenvalue weighted by Crippen LogP contribution is 2.24. The Labute approximate surface area is 147 Å². The highest BCUT2D eigenvalue weighted by atomic mass is 35.5. The first-order valence-corrected chi connectivity index (χ1v) is 7.78. The number of carbonyl (C=O) groups excluding carboxylic acids is 2. The lowest BCUT2D eigenvalue weighted by molar-refractivity contribution is -0.137. The SMILES string of the molecule is Cl.NCCCC(=O)Nc1ccccc1OCC(=O)N1CCOCC1. The maximum atomic E-state index is 12.1. The average molecular weight is 358 g/mol. The van der Waals surface area contributed by atoms with Gasteiger partial charge in [-0.3, -0.25) is 9.59 Å². The molecule has 1 heterocycles. The van der Waals surface area contributed by atoms with E-state index in [-0.39, 0.29) is 30.8 Å². The molecule has 1 saturated heterocycles. The Morgan fingerprint density at radius 2 is 1.96 bits per heavy atom. The van der Waals surface area contributed by atoms with Gasteiger partial charge in [0.25, 0.3) is 5.91 Å². The van der Waals surface area contributed by atoms with Crippen molar-refractivity contribution in [2.45, 2.75) is 12.8 Å². The van der Waals surface area contributed by atoms with Gasteiger partial charge >= 0.3 is 0 Å². The van der Waals surface area contributed by atoms with E-state index in [0.29, 0.717) is 57.1 Å². The molecule has 2 rings (SSSR count). The number of carbonyl (C=O) groups is 2. The van der Waals surface area contributed by atoms with E-state index < -0.39 is 0 Å². The van der Waals surface area contributed by atoms with Crippen LogP contribution in [0.1, 0.15) is 12.8 Å². The van der Waals surface area contributed by atoms with Crippen LogP contribution >= 0.6 is 12.4 Å². The fourth-order valence-electron chi connectivity index (χ4n) is 2.21. The molecule has 0 aromatic heterocycles. The number of para-hydroxylation sites is 2. The number of rotatable bonds is 7. The second-order valence-electron chi connectivity index (χ2n) is 5.22. The first-order valence-electron chi connectivity index (χ1n) is 7.78. The lowest BCUT2D eigenvalue weighted by atomic mass is 10.2. The molecule has 3 N–H and O–H groups in total. The molecule has 0 radical (unpaired) electrons. The zero-order chi connectivity index (χ0) is 16.5. The highest BCUT2D eigenvalue weighted by molar-refractivity contribution is 5.92. The summed E-state index contributed by atoms with van der Waals surface area (Å²) in [7, 11) is 0. The van der Waals surface area contributed by atoms with Gasteiger partial charge in [0.15, 0.2) is 6.61 Å². The molecule has 0 spiro atoms. The summed E-state index contributed by atoms with van der Waals surface area (Å²) < 4.78 is 10.8. The minimum atomic E-state index is -0.119. The third kappa shape index (κ3) is 6.35. The van der Waals surface area contributed by atoms with Crippen molar-refractivity contribution in [3.05, 3.63) is 24.3 Å². The largest absolute Gasteiger partial charge is 0.482 e. The van der Waals surface area contributed by atoms with Crippen LogP contribution < -0.4 is 15.8 Å². The molecule has 2 amide bonds. The van der Waals surface area contributed by atoms with Crippen molar-refractivity contribution in [1.82, 2.24) is 4.90 Å². The van der Waals surface area contributed by atoms with Crippen molar-refractivity contribution < 1.29 is 19.1 Å². The van der Waals surface area contributed by atoms with Crippen molar-refractivity contribution in [2.75, 3.05) is 44.8 Å². The van der Waals surface area contributed by atoms with Crippen LogP contribution in [-0.2, 0) is 14.3 Å². The lowest BCUT2D eigenvalue weighted by Crippen LogP contribution is -2.43. The summed E-state index contributed by atoms with van der Waals surface area (Å²) in [6.45, 7) is 2.69. The van der Waals surface area contributed by atoms with Crippen LogP contribution in [0, 0.1) is 0 Å². The molecule has 8 heteroatoms. The number of benzene rings is 1. The van der Waals surface area contributed by atoms with Crippen LogP contribution in [0.5, 0.6) is 5.75 Å². The van der Waals surface area contributed by atoms with E-state index in [9.17, 15) is 9.59 Å². The molecular weight excluding hydrogens is 334 g/mol. The number of nitrogens with two attached hydrogens (primary N) is 1. The number of nitrogens with one attached hydrogen (secondary N) is 1. The maximum absolute atomic E-state index is 12.1. The monoisotopic (exact) mass is 357 g/mol. The van der Waals surface area contributed by atoms with Crippen molar-refractivity contribution in [1.29, 1.82) is 0 Å². The van der Waals surface area contributed by atoms with E-state index in [0.717, 1.165) is 0 Å². The van der Waals surface area contributed by atoms with Gasteiger partial charge < -0.3 is 25.4 Å². The van der Waals surface area contributed by atoms with Crippen molar-refractivity contribution in [2.24, 2.45) is 5.73 Å². The predicted octanol–water partition coefficient (Wildman–Crippen LogP) is 1.02. The zero-order valence-corrected chi connectivity index (χ0v) is 14.3. The minimum Gasteiger partial charge on any atom is -0.482 e. The third-order valence-corrected chi connectivity index (χ3v) is 3.48. The van der Waals surface area contributed by atoms with E-state index in [1.807, 2.05) is 0 Å². The Hall–Kier alpha value is -1.83. The van der Waals surface area contributed by atoms with Crippen LogP contribution in [0.3, 0.4) is 0 Å². The van der Waals surface area contributed by atoms with E-state index in [4.69, 9.17) is 15.2 Å². The standard InChI is InChI=1S/C16H23N3O4.ClH/c17-7-3-6-15(20)18-13-4-1-2-5-14(13)23-12-16(21)19-8-10-22-11-9-19;/h1-2,4-5H,3,6-12,17H2,(H,18,20);1H. The smallest absolute Gasteiger partial charge is 0.260 e. The Bertz CT molecular complexity index is 536. The molecule has 7 nitrogen and oxygen atoms in total. The van der Waals surface area contributed by atoms with Crippen molar-refractivity contribution in [3.8, 4) is 5.75 Å². The van der Waals surface area contributed by atoms with Gasteiger partial charge in [0.2, 0.25) is 5.91 Å². The van der Waals surface area contributed by atoms with Crippen LogP contribution in [0.25, 0.3) is 0 Å². The van der Waals surface area contributed by atoms with E-state index in [2.05, 4.69) is 5.32 Å². The third-order valence-electron chi connectivity index (χ3n) is 3.48. The van der Waals surface area contributed by atoms with Gasteiger partial charge in [-0.15, -0.1) is 12.4 Å². The zero-order valence-electron chi connectivity index (χ0n) is 13.5. The van der Waals surface area contributed by atoms with E-state index in [1.165, 1.54) is 0 Å². The van der Waals surface area contributed by atoms with Gasteiger partial charge in [0.1, 0.15) is 5.75 Å². The van der Waals surface area contributed by atoms with Gasteiger partial charge in [-0.1, -0.05) is 12.1 Å². The molecule has 0 atom stereocenters. The van der Waals surface area contributed by atoms with Gasteiger partial charge in [0.05, 0.1) is 18.9 Å².